The highest BCUT2D eigenvalue weighted by molar-refractivity contribution is 7.96. The molecule has 0 fully saturated rings. The molecule has 2 nitrogen and oxygen atoms in total. The normalized spacial score (nSPS) is 11.1. The van der Waals surface area contributed by atoms with Gasteiger partial charge in [0.25, 0.3) is 0 Å². The van der Waals surface area contributed by atoms with Gasteiger partial charge in [-0.15, -0.1) is 0 Å². The fourth-order valence-corrected chi connectivity index (χ4v) is 2.14. The molecule has 85 valence electrons. The van der Waals surface area contributed by atoms with Crippen molar-refractivity contribution in [3.63, 3.8) is 0 Å². The predicted molar refractivity (Wildman–Crippen MR) is 72.4 cm³/mol. The van der Waals surface area contributed by atoms with Crippen LogP contribution in [-0.2, 0) is 6.42 Å². The van der Waals surface area contributed by atoms with E-state index >= 15 is 0 Å². The first-order valence-electron chi connectivity index (χ1n) is 5.54. The van der Waals surface area contributed by atoms with Crippen LogP contribution >= 0.6 is 11.9 Å². The first kappa shape index (κ1) is 11.6. The summed E-state index contributed by atoms with van der Waals surface area (Å²) in [6, 6.07) is 8.45. The molecule has 0 aliphatic heterocycles. The van der Waals surface area contributed by atoms with Gasteiger partial charge in [0.15, 0.2) is 0 Å². The smallest absolute Gasteiger partial charge is 0.0456 e. The summed E-state index contributed by atoms with van der Waals surface area (Å²) < 4.78 is 3.24. The fraction of sp³-hybridized carbons (Fsp3) is 0.308. The second-order valence-electron chi connectivity index (χ2n) is 3.74. The molecule has 0 atom stereocenters. The van der Waals surface area contributed by atoms with Crippen molar-refractivity contribution in [1.82, 2.24) is 9.71 Å². The maximum atomic E-state index is 3.30. The standard InChI is InChI=1S/C13H17N2S/c1-16-15-9-5-4-6-11-10-14-13-8-3-2-7-12(11)13/h2-4,7-8,10,14-15H,5-6,9H2,1H3. The van der Waals surface area contributed by atoms with E-state index in [1.165, 1.54) is 16.5 Å². The quantitative estimate of drug-likeness (QED) is 0.592. The lowest BCUT2D eigenvalue weighted by atomic mass is 10.1. The average molecular weight is 233 g/mol. The van der Waals surface area contributed by atoms with Crippen molar-refractivity contribution >= 4 is 22.9 Å². The summed E-state index contributed by atoms with van der Waals surface area (Å²) in [7, 11) is 0. The van der Waals surface area contributed by atoms with Gasteiger partial charge >= 0.3 is 0 Å². The molecule has 0 aliphatic carbocycles. The van der Waals surface area contributed by atoms with Gasteiger partial charge < -0.3 is 4.98 Å². The molecule has 1 aromatic heterocycles. The molecule has 1 heterocycles. The Labute approximate surface area is 101 Å². The van der Waals surface area contributed by atoms with Gasteiger partial charge in [0.1, 0.15) is 0 Å². The van der Waals surface area contributed by atoms with Crippen LogP contribution in [-0.4, -0.2) is 17.8 Å². The SMILES string of the molecule is CSNCC[CH]Cc1c[nH]c2ccccc12. The highest BCUT2D eigenvalue weighted by Crippen LogP contribution is 2.18. The van der Waals surface area contributed by atoms with E-state index in [-0.39, 0.29) is 0 Å². The number of fused-ring (bicyclic) bond motifs is 1. The van der Waals surface area contributed by atoms with E-state index in [9.17, 15) is 0 Å². The van der Waals surface area contributed by atoms with Crippen molar-refractivity contribution in [1.29, 1.82) is 0 Å². The van der Waals surface area contributed by atoms with Crippen LogP contribution in [0.25, 0.3) is 10.9 Å². The number of nitrogens with one attached hydrogen (secondary N) is 2. The molecule has 1 radical (unpaired) electrons. The molecule has 1 aromatic carbocycles. The lowest BCUT2D eigenvalue weighted by Crippen LogP contribution is -2.04. The first-order valence-corrected chi connectivity index (χ1v) is 6.77. The van der Waals surface area contributed by atoms with Gasteiger partial charge in [-0.3, -0.25) is 4.72 Å². The van der Waals surface area contributed by atoms with Gasteiger partial charge in [0, 0.05) is 23.6 Å². The lowest BCUT2D eigenvalue weighted by Gasteiger charge is -2.00. The minimum atomic E-state index is 1.04. The molecule has 16 heavy (non-hydrogen) atoms. The zero-order valence-corrected chi connectivity index (χ0v) is 10.3. The first-order chi connectivity index (χ1) is 7.92. The molecule has 0 unspecified atom stereocenters. The second kappa shape index (κ2) is 5.97. The maximum Gasteiger partial charge on any atom is 0.0456 e. The third-order valence-electron chi connectivity index (χ3n) is 2.63. The average Bonchev–Trinajstić information content (AvgIpc) is 2.73. The number of H-pyrrole nitrogens is 1. The van der Waals surface area contributed by atoms with Crippen LogP contribution in [0, 0.1) is 6.42 Å². The Balaban J connectivity index is 1.89. The summed E-state index contributed by atoms with van der Waals surface area (Å²) in [5.74, 6) is 0. The fourth-order valence-electron chi connectivity index (χ4n) is 1.82. The van der Waals surface area contributed by atoms with Crippen molar-refractivity contribution in [2.75, 3.05) is 12.8 Å². The molecule has 2 aromatic rings. The minimum Gasteiger partial charge on any atom is -0.361 e. The maximum absolute atomic E-state index is 3.30. The number of hydrogen-bond donors (Lipinski definition) is 2. The van der Waals surface area contributed by atoms with Gasteiger partial charge in [-0.25, -0.2) is 0 Å². The van der Waals surface area contributed by atoms with Gasteiger partial charge in [-0.2, -0.15) is 0 Å². The Morgan fingerprint density at radius 1 is 1.38 bits per heavy atom. The second-order valence-corrected chi connectivity index (χ2v) is 4.44. The number of para-hydroxylation sites is 1. The molecular weight excluding hydrogens is 216 g/mol. The van der Waals surface area contributed by atoms with E-state index in [1.807, 2.05) is 0 Å². The topological polar surface area (TPSA) is 27.8 Å². The summed E-state index contributed by atoms with van der Waals surface area (Å²) in [6.07, 6.45) is 8.65. The molecule has 0 bridgehead atoms. The highest BCUT2D eigenvalue weighted by Gasteiger charge is 2.01. The predicted octanol–water partition coefficient (Wildman–Crippen LogP) is 3.17. The number of aromatic nitrogens is 1. The van der Waals surface area contributed by atoms with Gasteiger partial charge in [-0.1, -0.05) is 30.1 Å². The Morgan fingerprint density at radius 3 is 3.12 bits per heavy atom. The van der Waals surface area contributed by atoms with E-state index < -0.39 is 0 Å². The highest BCUT2D eigenvalue weighted by atomic mass is 32.2. The Morgan fingerprint density at radius 2 is 2.25 bits per heavy atom. The van der Waals surface area contributed by atoms with Crippen molar-refractivity contribution in [2.45, 2.75) is 12.8 Å². The van der Waals surface area contributed by atoms with E-state index in [2.05, 4.69) is 52.8 Å². The van der Waals surface area contributed by atoms with Crippen LogP contribution in [0.2, 0.25) is 0 Å². The largest absolute Gasteiger partial charge is 0.361 e. The molecule has 3 heteroatoms. The number of aromatic amines is 1. The van der Waals surface area contributed by atoms with Gasteiger partial charge in [0.05, 0.1) is 0 Å². The van der Waals surface area contributed by atoms with Crippen LogP contribution in [0.3, 0.4) is 0 Å². The monoisotopic (exact) mass is 233 g/mol. The van der Waals surface area contributed by atoms with Crippen molar-refractivity contribution < 1.29 is 0 Å². The van der Waals surface area contributed by atoms with Gasteiger partial charge in [0.2, 0.25) is 0 Å². The number of hydrogen-bond acceptors (Lipinski definition) is 2. The summed E-state index contributed by atoms with van der Waals surface area (Å²) in [4.78, 5) is 3.30. The number of unbranched alkanes of at least 4 members (excludes halogenated alkanes) is 1. The Hall–Kier alpha value is -0.930. The zero-order chi connectivity index (χ0) is 11.2. The number of benzene rings is 1. The Bertz CT molecular complexity index is 436. The van der Waals surface area contributed by atoms with Crippen LogP contribution in [0.1, 0.15) is 12.0 Å². The number of rotatable bonds is 6. The van der Waals surface area contributed by atoms with Crippen LogP contribution in [0.15, 0.2) is 30.5 Å². The molecule has 0 saturated carbocycles. The summed E-state index contributed by atoms with van der Waals surface area (Å²) >= 11 is 1.68. The van der Waals surface area contributed by atoms with Crippen molar-refractivity contribution in [2.24, 2.45) is 0 Å². The van der Waals surface area contributed by atoms with E-state index in [4.69, 9.17) is 0 Å². The molecule has 0 saturated heterocycles. The van der Waals surface area contributed by atoms with Crippen LogP contribution in [0.5, 0.6) is 0 Å². The van der Waals surface area contributed by atoms with Gasteiger partial charge in [-0.05, 0) is 37.1 Å². The van der Waals surface area contributed by atoms with E-state index in [1.54, 1.807) is 11.9 Å². The van der Waals surface area contributed by atoms with E-state index in [0.717, 1.165) is 19.4 Å². The minimum absolute atomic E-state index is 1.04. The molecule has 0 spiro atoms. The third kappa shape index (κ3) is 2.80. The molecular formula is C13H17N2S. The van der Waals surface area contributed by atoms with Crippen molar-refractivity contribution in [3.8, 4) is 0 Å². The zero-order valence-electron chi connectivity index (χ0n) is 9.49. The van der Waals surface area contributed by atoms with Crippen LogP contribution in [0.4, 0.5) is 0 Å². The lowest BCUT2D eigenvalue weighted by molar-refractivity contribution is 0.863. The third-order valence-corrected chi connectivity index (χ3v) is 3.13. The summed E-state index contributed by atoms with van der Waals surface area (Å²) in [6.45, 7) is 1.05. The Kier molecular flexibility index (Phi) is 4.31. The summed E-state index contributed by atoms with van der Waals surface area (Å²) in [5.41, 5.74) is 2.62. The molecule has 2 N–H and O–H groups in total. The molecule has 2 rings (SSSR count). The van der Waals surface area contributed by atoms with Crippen molar-refractivity contribution in [3.05, 3.63) is 42.4 Å². The van der Waals surface area contributed by atoms with E-state index in [0.29, 0.717) is 0 Å². The molecule has 0 amide bonds. The van der Waals surface area contributed by atoms with Crippen LogP contribution < -0.4 is 4.72 Å². The molecule has 0 aliphatic rings. The summed E-state index contributed by atoms with van der Waals surface area (Å²) in [5, 5.41) is 1.34.